The zero-order valence-corrected chi connectivity index (χ0v) is 49.7. The van der Waals surface area contributed by atoms with E-state index >= 15 is 0 Å². The second kappa shape index (κ2) is 16.3. The molecule has 0 fully saturated rings. The lowest BCUT2D eigenvalue weighted by Crippen LogP contribution is -1.93. The number of aryl methyl sites for hydroxylation is 6. The van der Waals surface area contributed by atoms with Gasteiger partial charge >= 0.3 is 0 Å². The van der Waals surface area contributed by atoms with E-state index in [1.165, 1.54) is 122 Å². The van der Waals surface area contributed by atoms with Crippen molar-refractivity contribution in [3.8, 4) is 11.4 Å². The smallest absolute Gasteiger partial charge is 0.171 e. The molecule has 0 saturated carbocycles. The van der Waals surface area contributed by atoms with Crippen LogP contribution < -0.4 is 0 Å². The monoisotopic (exact) mass is 1170 g/mol. The molecular formula is C70H42N2O4S6. The first-order valence-electron chi connectivity index (χ1n) is 27.3. The summed E-state index contributed by atoms with van der Waals surface area (Å²) in [7, 11) is 0. The Morgan fingerprint density at radius 3 is 1.20 bits per heavy atom. The van der Waals surface area contributed by atoms with Gasteiger partial charge in [0.25, 0.3) is 0 Å². The van der Waals surface area contributed by atoms with E-state index in [1.54, 1.807) is 0 Å². The molecule has 8 aromatic carbocycles. The summed E-state index contributed by atoms with van der Waals surface area (Å²) in [5, 5.41) is 9.63. The van der Waals surface area contributed by atoms with Crippen LogP contribution in [0, 0.1) is 41.5 Å². The average Bonchev–Trinajstić information content (AvgIpc) is 1.81. The number of aromatic nitrogens is 2. The van der Waals surface area contributed by atoms with Crippen LogP contribution >= 0.6 is 68.0 Å². The van der Waals surface area contributed by atoms with Crippen molar-refractivity contribution in [2.24, 2.45) is 0 Å². The van der Waals surface area contributed by atoms with Crippen LogP contribution in [0.15, 0.2) is 163 Å². The van der Waals surface area contributed by atoms with Crippen LogP contribution in [0.5, 0.6) is 0 Å². The lowest BCUT2D eigenvalue weighted by molar-refractivity contribution is 0.667. The Morgan fingerprint density at radius 1 is 0.256 bits per heavy atom. The second-order valence-electron chi connectivity index (χ2n) is 22.4. The Bertz CT molecular complexity index is 6190. The van der Waals surface area contributed by atoms with Gasteiger partial charge in [-0.15, -0.1) is 68.0 Å². The topological polar surface area (TPSA) is 62.4 Å². The van der Waals surface area contributed by atoms with Gasteiger partial charge in [-0.2, -0.15) is 0 Å². The highest BCUT2D eigenvalue weighted by Crippen LogP contribution is 2.54. The molecule has 0 amide bonds. The third-order valence-corrected chi connectivity index (χ3v) is 24.2. The van der Waals surface area contributed by atoms with Crippen molar-refractivity contribution in [1.29, 1.82) is 0 Å². The van der Waals surface area contributed by atoms with E-state index in [9.17, 15) is 0 Å². The van der Waals surface area contributed by atoms with Crippen LogP contribution in [0.1, 0.15) is 33.4 Å². The number of nitrogens with zero attached hydrogens (tertiary/aromatic N) is 2. The summed E-state index contributed by atoms with van der Waals surface area (Å²) in [6.45, 7) is 12.9. The number of hydrogen-bond donors (Lipinski definition) is 0. The molecule has 12 heterocycles. The molecule has 12 aromatic heterocycles. The molecule has 0 radical (unpaired) electrons. The molecule has 20 rings (SSSR count). The van der Waals surface area contributed by atoms with Gasteiger partial charge in [-0.25, -0.2) is 0 Å². The van der Waals surface area contributed by atoms with Crippen molar-refractivity contribution in [1.82, 2.24) is 9.13 Å². The second-order valence-corrected chi connectivity index (χ2v) is 28.6. The molecule has 0 aliphatic heterocycles. The number of fused-ring (bicyclic) bond motifs is 28. The third-order valence-electron chi connectivity index (χ3n) is 16.8. The number of furan rings is 4. The summed E-state index contributed by atoms with van der Waals surface area (Å²) in [6, 6.07) is 53.3. The van der Waals surface area contributed by atoms with Crippen LogP contribution in [-0.2, 0) is 0 Å². The molecule has 0 saturated heterocycles. The fourth-order valence-electron chi connectivity index (χ4n) is 12.9. The standard InChI is InChI=1S/2C35H21NO2S3/c1-16-4-8-19(9-5-16)36-28-22-14-25-23(32-31(38-25)35-33(41-32)21-11-7-18(3)13-27(21)40-35)15-24(22)37-30(28)34-29(36)20-10-6-17(2)12-26(20)39-34;1-16-4-8-19(9-5-16)36-24-12-17(2)6-10-20(24)31-28(36)29-32(40-31)22-14-26-23(15-25(22)37-29)33-30(38-26)35-34(41-33)21-11-7-18(3)13-27(21)39-35/h2*4-15H,1-3H3. The minimum absolute atomic E-state index is 0.902. The van der Waals surface area contributed by atoms with Gasteiger partial charge in [0, 0.05) is 68.6 Å². The van der Waals surface area contributed by atoms with Gasteiger partial charge in [0.15, 0.2) is 22.3 Å². The molecule has 0 atom stereocenters. The van der Waals surface area contributed by atoms with Crippen LogP contribution in [0.3, 0.4) is 0 Å². The van der Waals surface area contributed by atoms with Crippen molar-refractivity contribution < 1.29 is 17.7 Å². The fraction of sp³-hybridized carbons (Fsp3) is 0.0857. The van der Waals surface area contributed by atoms with Crippen molar-refractivity contribution in [2.45, 2.75) is 41.5 Å². The highest BCUT2D eigenvalue weighted by atomic mass is 32.1. The summed E-state index contributed by atoms with van der Waals surface area (Å²) in [6.07, 6.45) is 0. The number of rotatable bonds is 2. The molecule has 20 aromatic rings. The molecule has 82 heavy (non-hydrogen) atoms. The summed E-state index contributed by atoms with van der Waals surface area (Å²) in [5.74, 6) is 0. The van der Waals surface area contributed by atoms with Gasteiger partial charge < -0.3 is 26.8 Å². The Balaban J connectivity index is 0.000000122. The fourth-order valence-corrected chi connectivity index (χ4v) is 20.9. The molecule has 392 valence electrons. The summed E-state index contributed by atoms with van der Waals surface area (Å²) < 4.78 is 46.7. The summed E-state index contributed by atoms with van der Waals surface area (Å²) in [4.78, 5) is 0. The minimum Gasteiger partial charge on any atom is -0.454 e. The molecule has 6 nitrogen and oxygen atoms in total. The highest BCUT2D eigenvalue weighted by Gasteiger charge is 2.28. The quantitative estimate of drug-likeness (QED) is 0.173. The Kier molecular flexibility index (Phi) is 9.22. The molecule has 0 unspecified atom stereocenters. The maximum absolute atomic E-state index is 6.77. The number of benzene rings is 8. The normalized spacial score (nSPS) is 12.8. The average molecular weight is 1170 g/mol. The van der Waals surface area contributed by atoms with E-state index in [0.717, 1.165) is 88.6 Å². The van der Waals surface area contributed by atoms with Crippen molar-refractivity contribution in [2.75, 3.05) is 0 Å². The first-order chi connectivity index (χ1) is 40.0. The maximum Gasteiger partial charge on any atom is 0.171 e. The summed E-state index contributed by atoms with van der Waals surface area (Å²) >= 11 is 11.0. The first-order valence-corrected chi connectivity index (χ1v) is 32.2. The van der Waals surface area contributed by atoms with Crippen LogP contribution in [0.25, 0.3) is 178 Å². The SMILES string of the molecule is Cc1ccc(-n2c3c4cc5oc6c(sc7c8ccc(C)cc8sc67)c5cc4oc3c3sc4cc(C)ccc4c32)cc1.Cc1ccc(-n2c3cc(C)ccc3c3sc4c5cc6oc7c(sc8c9ccc(C)cc9sc78)c6cc5oc4c32)cc1. The van der Waals surface area contributed by atoms with E-state index in [0.29, 0.717) is 0 Å². The van der Waals surface area contributed by atoms with Gasteiger partial charge in [0.1, 0.15) is 33.4 Å². The van der Waals surface area contributed by atoms with E-state index in [1.807, 2.05) is 68.0 Å². The lowest BCUT2D eigenvalue weighted by Gasteiger charge is -2.08. The molecular weight excluding hydrogens is 1130 g/mol. The minimum atomic E-state index is 0.902. The van der Waals surface area contributed by atoms with E-state index in [2.05, 4.69) is 196 Å². The highest BCUT2D eigenvalue weighted by molar-refractivity contribution is 7.37. The van der Waals surface area contributed by atoms with Crippen LogP contribution in [-0.4, -0.2) is 9.13 Å². The largest absolute Gasteiger partial charge is 0.454 e. The number of hydrogen-bond acceptors (Lipinski definition) is 10. The van der Waals surface area contributed by atoms with Crippen LogP contribution in [0.2, 0.25) is 0 Å². The summed E-state index contributed by atoms with van der Waals surface area (Å²) in [5.41, 5.74) is 22.1. The van der Waals surface area contributed by atoms with Gasteiger partial charge in [0.2, 0.25) is 0 Å². The molecule has 0 N–H and O–H groups in total. The van der Waals surface area contributed by atoms with Gasteiger partial charge in [-0.1, -0.05) is 83.9 Å². The molecule has 12 heteroatoms. The van der Waals surface area contributed by atoms with E-state index < -0.39 is 0 Å². The van der Waals surface area contributed by atoms with Gasteiger partial charge in [-0.3, -0.25) is 0 Å². The van der Waals surface area contributed by atoms with Crippen molar-refractivity contribution >= 4 is 234 Å². The van der Waals surface area contributed by atoms with E-state index in [4.69, 9.17) is 17.7 Å². The first kappa shape index (κ1) is 46.4. The van der Waals surface area contributed by atoms with E-state index in [-0.39, 0.29) is 0 Å². The molecule has 0 aliphatic carbocycles. The Morgan fingerprint density at radius 2 is 0.646 bits per heavy atom. The predicted molar refractivity (Wildman–Crippen MR) is 356 cm³/mol. The third kappa shape index (κ3) is 6.26. The lowest BCUT2D eigenvalue weighted by atomic mass is 10.1. The Hall–Kier alpha value is -8.20. The molecule has 0 aliphatic rings. The predicted octanol–water partition coefficient (Wildman–Crippen LogP) is 24.0. The number of thiophene rings is 6. The van der Waals surface area contributed by atoms with Gasteiger partial charge in [-0.05, 0) is 137 Å². The maximum atomic E-state index is 6.77. The van der Waals surface area contributed by atoms with Crippen LogP contribution in [0.4, 0.5) is 0 Å². The Labute approximate surface area is 489 Å². The molecule has 0 spiro atoms. The van der Waals surface area contributed by atoms with Crippen molar-refractivity contribution in [3.63, 3.8) is 0 Å². The van der Waals surface area contributed by atoms with Gasteiger partial charge in [0.05, 0.1) is 53.3 Å². The van der Waals surface area contributed by atoms with Crippen molar-refractivity contribution in [3.05, 3.63) is 179 Å². The zero-order chi connectivity index (χ0) is 54.3. The zero-order valence-electron chi connectivity index (χ0n) is 44.8. The molecule has 0 bridgehead atoms.